The van der Waals surface area contributed by atoms with Crippen LogP contribution in [0.15, 0.2) is 30.3 Å². The van der Waals surface area contributed by atoms with E-state index in [1.165, 1.54) is 4.90 Å². The van der Waals surface area contributed by atoms with Gasteiger partial charge in [0.05, 0.1) is 0 Å². The Morgan fingerprint density at radius 2 is 1.89 bits per heavy atom. The van der Waals surface area contributed by atoms with E-state index in [0.29, 0.717) is 13.0 Å². The van der Waals surface area contributed by atoms with Crippen molar-refractivity contribution in [3.8, 4) is 0 Å². The first-order valence-electron chi connectivity index (χ1n) is 9.22. The topological polar surface area (TPSA) is 84.9 Å². The fraction of sp³-hybridized carbons (Fsp3) is 0.550. The minimum atomic E-state index is -0.696. The number of ether oxygens (including phenoxy) is 2. The number of amides is 2. The van der Waals surface area contributed by atoms with Crippen LogP contribution in [-0.2, 0) is 25.7 Å². The Morgan fingerprint density at radius 3 is 2.56 bits per heavy atom. The van der Waals surface area contributed by atoms with Crippen LogP contribution in [0, 0.1) is 0 Å². The summed E-state index contributed by atoms with van der Waals surface area (Å²) in [6.45, 7) is 5.82. The molecule has 1 aromatic rings. The van der Waals surface area contributed by atoms with E-state index < -0.39 is 23.7 Å². The molecule has 27 heavy (non-hydrogen) atoms. The lowest BCUT2D eigenvalue weighted by atomic mass is 10.1. The molecular weight excluding hydrogens is 348 g/mol. The van der Waals surface area contributed by atoms with Crippen molar-refractivity contribution in [2.45, 2.75) is 58.3 Å². The van der Waals surface area contributed by atoms with Gasteiger partial charge < -0.3 is 19.7 Å². The van der Waals surface area contributed by atoms with E-state index in [1.54, 1.807) is 20.8 Å². The Bertz CT molecular complexity index is 654. The first kappa shape index (κ1) is 20.7. The molecule has 0 aliphatic carbocycles. The summed E-state index contributed by atoms with van der Waals surface area (Å²) in [7, 11) is 0. The second-order valence-electron chi connectivity index (χ2n) is 7.60. The largest absolute Gasteiger partial charge is 0.459 e. The number of benzene rings is 1. The first-order valence-corrected chi connectivity index (χ1v) is 9.22. The molecule has 0 unspecified atom stereocenters. The number of hydrogen-bond acceptors (Lipinski definition) is 5. The number of likely N-dealkylation sites (tertiary alicyclic amines) is 1. The molecule has 1 aromatic carbocycles. The van der Waals surface area contributed by atoms with Crippen LogP contribution in [0.3, 0.4) is 0 Å². The molecule has 148 valence electrons. The van der Waals surface area contributed by atoms with Crippen LogP contribution in [0.2, 0.25) is 0 Å². The van der Waals surface area contributed by atoms with Crippen molar-refractivity contribution < 1.29 is 23.9 Å². The van der Waals surface area contributed by atoms with Crippen molar-refractivity contribution in [1.82, 2.24) is 10.2 Å². The number of carbonyl (C=O) groups excluding carboxylic acids is 3. The molecule has 1 aliphatic heterocycles. The van der Waals surface area contributed by atoms with Gasteiger partial charge in [0.25, 0.3) is 0 Å². The van der Waals surface area contributed by atoms with Crippen LogP contribution in [0.5, 0.6) is 0 Å². The van der Waals surface area contributed by atoms with Crippen LogP contribution in [0.4, 0.5) is 4.79 Å². The van der Waals surface area contributed by atoms with E-state index in [4.69, 9.17) is 9.47 Å². The van der Waals surface area contributed by atoms with Gasteiger partial charge in [0.1, 0.15) is 24.8 Å². The first-order chi connectivity index (χ1) is 12.7. The van der Waals surface area contributed by atoms with Crippen molar-refractivity contribution in [2.24, 2.45) is 0 Å². The third-order valence-electron chi connectivity index (χ3n) is 4.03. The Hall–Kier alpha value is -2.57. The third-order valence-corrected chi connectivity index (χ3v) is 4.03. The summed E-state index contributed by atoms with van der Waals surface area (Å²) < 4.78 is 10.5. The van der Waals surface area contributed by atoms with E-state index in [2.05, 4.69) is 5.32 Å². The lowest BCUT2D eigenvalue weighted by molar-refractivity contribution is -0.159. The summed E-state index contributed by atoms with van der Waals surface area (Å²) in [5.74, 6) is -0.738. The van der Waals surface area contributed by atoms with Gasteiger partial charge >= 0.3 is 12.1 Å². The zero-order valence-electron chi connectivity index (χ0n) is 16.2. The second-order valence-corrected chi connectivity index (χ2v) is 7.60. The lowest BCUT2D eigenvalue weighted by Crippen LogP contribution is -2.49. The summed E-state index contributed by atoms with van der Waals surface area (Å²) in [6.07, 6.45) is 1.42. The van der Waals surface area contributed by atoms with Gasteiger partial charge in [-0.05, 0) is 45.6 Å². The molecule has 0 bridgehead atoms. The number of hydrogen-bond donors (Lipinski definition) is 1. The van der Waals surface area contributed by atoms with Gasteiger partial charge in [-0.25, -0.2) is 4.79 Å². The number of rotatable bonds is 5. The van der Waals surface area contributed by atoms with Crippen molar-refractivity contribution in [3.63, 3.8) is 0 Å². The molecule has 1 heterocycles. The standard InChI is InChI=1S/C20H28N2O5/c1-20(2,3)27-17(23)13-22-12-8-7-11-16(18(22)24)21-19(25)26-14-15-9-5-4-6-10-15/h4-6,9-10,16H,7-8,11-14H2,1-3H3,(H,21,25)/t16-/m0/s1. The minimum Gasteiger partial charge on any atom is -0.459 e. The van der Waals surface area contributed by atoms with Gasteiger partial charge in [-0.1, -0.05) is 30.3 Å². The van der Waals surface area contributed by atoms with E-state index in [-0.39, 0.29) is 19.1 Å². The number of alkyl carbamates (subject to hydrolysis) is 1. The maximum Gasteiger partial charge on any atom is 0.408 e. The molecule has 0 spiro atoms. The summed E-state index contributed by atoms with van der Waals surface area (Å²) in [5, 5.41) is 2.63. The molecule has 1 saturated heterocycles. The average molecular weight is 376 g/mol. The molecule has 0 radical (unpaired) electrons. The van der Waals surface area contributed by atoms with Gasteiger partial charge in [-0.3, -0.25) is 9.59 Å². The smallest absolute Gasteiger partial charge is 0.408 e. The van der Waals surface area contributed by atoms with Crippen molar-refractivity contribution in [3.05, 3.63) is 35.9 Å². The Labute approximate surface area is 160 Å². The molecule has 2 rings (SSSR count). The van der Waals surface area contributed by atoms with Crippen LogP contribution in [0.25, 0.3) is 0 Å². The van der Waals surface area contributed by atoms with Crippen molar-refractivity contribution in [2.75, 3.05) is 13.1 Å². The predicted octanol–water partition coefficient (Wildman–Crippen LogP) is 2.64. The molecule has 0 aromatic heterocycles. The average Bonchev–Trinajstić information content (AvgIpc) is 2.75. The summed E-state index contributed by atoms with van der Waals surface area (Å²) in [5.41, 5.74) is 0.261. The molecular formula is C20H28N2O5. The number of nitrogens with zero attached hydrogens (tertiary/aromatic N) is 1. The summed E-state index contributed by atoms with van der Waals surface area (Å²) in [4.78, 5) is 38.3. The maximum atomic E-state index is 12.7. The zero-order valence-corrected chi connectivity index (χ0v) is 16.2. The second kappa shape index (κ2) is 9.39. The lowest BCUT2D eigenvalue weighted by Gasteiger charge is -2.26. The highest BCUT2D eigenvalue weighted by Crippen LogP contribution is 2.14. The SMILES string of the molecule is CC(C)(C)OC(=O)CN1CCCC[C@H](NC(=O)OCc2ccccc2)C1=O. The van der Waals surface area contributed by atoms with Gasteiger partial charge in [-0.15, -0.1) is 0 Å². The van der Waals surface area contributed by atoms with Crippen molar-refractivity contribution in [1.29, 1.82) is 0 Å². The molecule has 1 fully saturated rings. The van der Waals surface area contributed by atoms with Gasteiger partial charge in [-0.2, -0.15) is 0 Å². The Balaban J connectivity index is 1.88. The highest BCUT2D eigenvalue weighted by molar-refractivity contribution is 5.88. The molecule has 1 aliphatic rings. The molecule has 7 heteroatoms. The molecule has 2 amide bonds. The zero-order chi connectivity index (χ0) is 19.9. The predicted molar refractivity (Wildman–Crippen MR) is 99.8 cm³/mol. The van der Waals surface area contributed by atoms with Crippen LogP contribution in [0.1, 0.15) is 45.6 Å². The maximum absolute atomic E-state index is 12.7. The summed E-state index contributed by atoms with van der Waals surface area (Å²) in [6, 6.07) is 8.62. The number of nitrogens with one attached hydrogen (secondary N) is 1. The fourth-order valence-corrected chi connectivity index (χ4v) is 2.83. The minimum absolute atomic E-state index is 0.118. The summed E-state index contributed by atoms with van der Waals surface area (Å²) >= 11 is 0. The van der Waals surface area contributed by atoms with Gasteiger partial charge in [0.2, 0.25) is 5.91 Å². The number of carbonyl (C=O) groups is 3. The fourth-order valence-electron chi connectivity index (χ4n) is 2.83. The van der Waals surface area contributed by atoms with Crippen LogP contribution >= 0.6 is 0 Å². The Morgan fingerprint density at radius 1 is 1.19 bits per heavy atom. The Kier molecular flexibility index (Phi) is 7.21. The van der Waals surface area contributed by atoms with Crippen LogP contribution in [-0.4, -0.2) is 47.6 Å². The highest BCUT2D eigenvalue weighted by Gasteiger charge is 2.31. The number of esters is 1. The monoisotopic (exact) mass is 376 g/mol. The molecule has 7 nitrogen and oxygen atoms in total. The quantitative estimate of drug-likeness (QED) is 0.799. The van der Waals surface area contributed by atoms with Crippen molar-refractivity contribution >= 4 is 18.0 Å². The van der Waals surface area contributed by atoms with E-state index in [9.17, 15) is 14.4 Å². The molecule has 0 saturated carbocycles. The van der Waals surface area contributed by atoms with Gasteiger partial charge in [0, 0.05) is 6.54 Å². The van der Waals surface area contributed by atoms with E-state index in [1.807, 2.05) is 30.3 Å². The van der Waals surface area contributed by atoms with E-state index in [0.717, 1.165) is 18.4 Å². The molecule has 1 N–H and O–H groups in total. The third kappa shape index (κ3) is 7.29. The van der Waals surface area contributed by atoms with Crippen LogP contribution < -0.4 is 5.32 Å². The van der Waals surface area contributed by atoms with E-state index >= 15 is 0 Å². The van der Waals surface area contributed by atoms with Gasteiger partial charge in [0.15, 0.2) is 0 Å². The normalized spacial score (nSPS) is 17.8. The highest BCUT2D eigenvalue weighted by atomic mass is 16.6. The molecule has 1 atom stereocenters.